The molecule has 0 spiro atoms. The number of fused-ring (bicyclic) bond motifs is 4. The minimum Gasteiger partial charge on any atom is -0.497 e. The highest BCUT2D eigenvalue weighted by Gasteiger charge is 2.45. The summed E-state index contributed by atoms with van der Waals surface area (Å²) in [6, 6.07) is 11.9. The summed E-state index contributed by atoms with van der Waals surface area (Å²) in [4.78, 5) is 12.9. The highest BCUT2D eigenvalue weighted by atomic mass is 16.5. The van der Waals surface area contributed by atoms with Crippen LogP contribution in [0.3, 0.4) is 0 Å². The summed E-state index contributed by atoms with van der Waals surface area (Å²) in [6.45, 7) is 5.21. The van der Waals surface area contributed by atoms with Crippen molar-refractivity contribution in [3.05, 3.63) is 58.7 Å². The third kappa shape index (κ3) is 3.50. The van der Waals surface area contributed by atoms with Crippen LogP contribution in [0.1, 0.15) is 60.2 Å². The van der Waals surface area contributed by atoms with Crippen molar-refractivity contribution in [2.24, 2.45) is 11.8 Å². The molecule has 154 valence electrons. The molecule has 2 bridgehead atoms. The zero-order valence-corrected chi connectivity index (χ0v) is 17.9. The van der Waals surface area contributed by atoms with Gasteiger partial charge >= 0.3 is 0 Å². The standard InChI is InChI=1S/C25H31NO3/c1-16-17-6-5-11-25(16,2)22-13-19(8-7-18(22)12-17)24(27)26-15-20-9-10-21(28-3)14-23(20)29-4/h7-10,13-14,16-17H,5-6,11-12,15H2,1-4H3,(H,26,27)/t16-,17+,25-/m0/s1. The summed E-state index contributed by atoms with van der Waals surface area (Å²) in [6.07, 6.45) is 4.99. The number of ether oxygens (including phenoxy) is 2. The number of benzene rings is 2. The molecule has 2 aromatic rings. The van der Waals surface area contributed by atoms with Gasteiger partial charge in [0.25, 0.3) is 5.91 Å². The van der Waals surface area contributed by atoms with E-state index in [4.69, 9.17) is 9.47 Å². The number of hydrogen-bond donors (Lipinski definition) is 1. The molecule has 0 radical (unpaired) electrons. The zero-order valence-electron chi connectivity index (χ0n) is 17.9. The fourth-order valence-corrected chi connectivity index (χ4v) is 5.37. The maximum atomic E-state index is 12.9. The summed E-state index contributed by atoms with van der Waals surface area (Å²) < 4.78 is 10.7. The third-order valence-corrected chi connectivity index (χ3v) is 7.39. The average Bonchev–Trinajstić information content (AvgIpc) is 2.74. The fourth-order valence-electron chi connectivity index (χ4n) is 5.37. The molecule has 1 saturated carbocycles. The molecule has 4 nitrogen and oxygen atoms in total. The van der Waals surface area contributed by atoms with E-state index in [1.165, 1.54) is 30.4 Å². The Labute approximate surface area is 173 Å². The molecule has 2 aliphatic carbocycles. The maximum Gasteiger partial charge on any atom is 0.251 e. The van der Waals surface area contributed by atoms with E-state index in [1.54, 1.807) is 14.2 Å². The minimum atomic E-state index is -0.0418. The number of carbonyl (C=O) groups excluding carboxylic acids is 1. The molecule has 0 saturated heterocycles. The highest BCUT2D eigenvalue weighted by Crippen LogP contribution is 2.52. The van der Waals surface area contributed by atoms with Crippen LogP contribution in [0, 0.1) is 11.8 Å². The van der Waals surface area contributed by atoms with E-state index in [2.05, 4.69) is 31.3 Å². The monoisotopic (exact) mass is 393 g/mol. The first kappa shape index (κ1) is 19.8. The van der Waals surface area contributed by atoms with Crippen molar-refractivity contribution in [1.29, 1.82) is 0 Å². The van der Waals surface area contributed by atoms with E-state index in [0.29, 0.717) is 18.2 Å². The van der Waals surface area contributed by atoms with Gasteiger partial charge in [-0.1, -0.05) is 26.3 Å². The topological polar surface area (TPSA) is 47.6 Å². The van der Waals surface area contributed by atoms with Crippen LogP contribution < -0.4 is 14.8 Å². The predicted octanol–water partition coefficient (Wildman–Crippen LogP) is 4.88. The molecule has 2 aromatic carbocycles. The van der Waals surface area contributed by atoms with Crippen molar-refractivity contribution in [1.82, 2.24) is 5.32 Å². The van der Waals surface area contributed by atoms with Crippen molar-refractivity contribution < 1.29 is 14.3 Å². The number of amides is 1. The molecule has 0 aliphatic heterocycles. The second-order valence-electron chi connectivity index (χ2n) is 8.79. The lowest BCUT2D eigenvalue weighted by atomic mass is 9.54. The Morgan fingerprint density at radius 2 is 2.00 bits per heavy atom. The van der Waals surface area contributed by atoms with Gasteiger partial charge in [-0.2, -0.15) is 0 Å². The van der Waals surface area contributed by atoms with Gasteiger partial charge in [0.05, 0.1) is 14.2 Å². The second-order valence-corrected chi connectivity index (χ2v) is 8.79. The molecule has 0 heterocycles. The minimum absolute atomic E-state index is 0.0418. The first-order valence-electron chi connectivity index (χ1n) is 10.6. The van der Waals surface area contributed by atoms with E-state index in [-0.39, 0.29) is 11.3 Å². The molecule has 29 heavy (non-hydrogen) atoms. The van der Waals surface area contributed by atoms with Gasteiger partial charge in [0, 0.05) is 23.7 Å². The summed E-state index contributed by atoms with van der Waals surface area (Å²) in [5.41, 5.74) is 4.68. The molecule has 0 aromatic heterocycles. The lowest BCUT2D eigenvalue weighted by Gasteiger charge is -2.50. The van der Waals surface area contributed by atoms with E-state index in [1.807, 2.05) is 24.3 Å². The Morgan fingerprint density at radius 3 is 2.76 bits per heavy atom. The van der Waals surface area contributed by atoms with Crippen molar-refractivity contribution in [3.8, 4) is 11.5 Å². The van der Waals surface area contributed by atoms with Gasteiger partial charge in [-0.15, -0.1) is 0 Å². The molecule has 1 amide bonds. The Hall–Kier alpha value is -2.49. The number of carbonyl (C=O) groups is 1. The van der Waals surface area contributed by atoms with Gasteiger partial charge in [-0.25, -0.2) is 0 Å². The zero-order chi connectivity index (χ0) is 20.6. The van der Waals surface area contributed by atoms with E-state index in [0.717, 1.165) is 29.2 Å². The molecular formula is C25H31NO3. The van der Waals surface area contributed by atoms with Gasteiger partial charge in [0.1, 0.15) is 11.5 Å². The molecule has 3 atom stereocenters. The summed E-state index contributed by atoms with van der Waals surface area (Å²) in [7, 11) is 3.26. The number of hydrogen-bond acceptors (Lipinski definition) is 3. The number of rotatable bonds is 5. The van der Waals surface area contributed by atoms with Crippen LogP contribution in [0.4, 0.5) is 0 Å². The Bertz CT molecular complexity index is 922. The lowest BCUT2D eigenvalue weighted by molar-refractivity contribution is 0.0949. The predicted molar refractivity (Wildman–Crippen MR) is 115 cm³/mol. The normalized spacial score (nSPS) is 25.1. The number of nitrogens with one attached hydrogen (secondary N) is 1. The van der Waals surface area contributed by atoms with Crippen molar-refractivity contribution in [3.63, 3.8) is 0 Å². The molecule has 4 rings (SSSR count). The smallest absolute Gasteiger partial charge is 0.251 e. The van der Waals surface area contributed by atoms with Crippen molar-refractivity contribution in [2.45, 2.75) is 51.5 Å². The van der Waals surface area contributed by atoms with Gasteiger partial charge in [-0.05, 0) is 71.9 Å². The fraction of sp³-hybridized carbons (Fsp3) is 0.480. The summed E-state index contributed by atoms with van der Waals surface area (Å²) in [5.74, 6) is 2.86. The second kappa shape index (κ2) is 7.74. The van der Waals surface area contributed by atoms with Crippen molar-refractivity contribution in [2.75, 3.05) is 14.2 Å². The maximum absolute atomic E-state index is 12.9. The third-order valence-electron chi connectivity index (χ3n) is 7.39. The molecular weight excluding hydrogens is 362 g/mol. The van der Waals surface area contributed by atoms with Crippen LogP contribution in [-0.2, 0) is 18.4 Å². The largest absolute Gasteiger partial charge is 0.497 e. The molecule has 2 aliphatic rings. The highest BCUT2D eigenvalue weighted by molar-refractivity contribution is 5.94. The Balaban J connectivity index is 1.54. The quantitative estimate of drug-likeness (QED) is 0.787. The average molecular weight is 394 g/mol. The van der Waals surface area contributed by atoms with Crippen LogP contribution >= 0.6 is 0 Å². The van der Waals surface area contributed by atoms with Gasteiger partial charge in [0.2, 0.25) is 0 Å². The van der Waals surface area contributed by atoms with Crippen molar-refractivity contribution >= 4 is 5.91 Å². The van der Waals surface area contributed by atoms with Crippen LogP contribution in [0.15, 0.2) is 36.4 Å². The van der Waals surface area contributed by atoms with Crippen LogP contribution in [0.5, 0.6) is 11.5 Å². The van der Waals surface area contributed by atoms with E-state index in [9.17, 15) is 4.79 Å². The van der Waals surface area contributed by atoms with Gasteiger partial charge in [0.15, 0.2) is 0 Å². The van der Waals surface area contributed by atoms with Gasteiger partial charge in [-0.3, -0.25) is 4.79 Å². The molecule has 4 heteroatoms. The molecule has 1 N–H and O–H groups in total. The first-order chi connectivity index (χ1) is 14.0. The van der Waals surface area contributed by atoms with E-state index >= 15 is 0 Å². The molecule has 0 unspecified atom stereocenters. The lowest BCUT2D eigenvalue weighted by Crippen LogP contribution is -2.44. The van der Waals surface area contributed by atoms with Gasteiger partial charge < -0.3 is 14.8 Å². The Morgan fingerprint density at radius 1 is 1.17 bits per heavy atom. The first-order valence-corrected chi connectivity index (χ1v) is 10.6. The number of methoxy groups -OCH3 is 2. The molecule has 1 fully saturated rings. The Kier molecular flexibility index (Phi) is 5.28. The van der Waals surface area contributed by atoms with Crippen LogP contribution in [-0.4, -0.2) is 20.1 Å². The SMILES string of the molecule is COc1ccc(CNC(=O)c2ccc3c(c2)[C@@]2(C)CCC[C@H](C3)[C@@H]2C)c(OC)c1. The summed E-state index contributed by atoms with van der Waals surface area (Å²) in [5, 5.41) is 3.05. The van der Waals surface area contributed by atoms with Crippen LogP contribution in [0.25, 0.3) is 0 Å². The van der Waals surface area contributed by atoms with E-state index < -0.39 is 0 Å². The van der Waals surface area contributed by atoms with Crippen LogP contribution in [0.2, 0.25) is 0 Å². The summed E-state index contributed by atoms with van der Waals surface area (Å²) >= 11 is 0.